The molecule has 0 saturated carbocycles. The lowest BCUT2D eigenvalue weighted by molar-refractivity contribution is -0.0773. The predicted molar refractivity (Wildman–Crippen MR) is 110 cm³/mol. The Kier molecular flexibility index (Phi) is 9.89. The van der Waals surface area contributed by atoms with Crippen molar-refractivity contribution < 1.29 is 9.47 Å². The first-order valence-electron chi connectivity index (χ1n) is 9.30. The first kappa shape index (κ1) is 22.0. The van der Waals surface area contributed by atoms with Crippen LogP contribution >= 0.6 is 24.0 Å². The van der Waals surface area contributed by atoms with Crippen molar-refractivity contribution in [2.75, 3.05) is 32.8 Å². The van der Waals surface area contributed by atoms with Crippen molar-refractivity contribution in [2.45, 2.75) is 77.6 Å². The molecule has 0 aromatic carbocycles. The van der Waals surface area contributed by atoms with E-state index >= 15 is 0 Å². The minimum Gasteiger partial charge on any atom is -0.376 e. The highest BCUT2D eigenvalue weighted by Crippen LogP contribution is 2.20. The Bertz CT molecular complexity index is 371. The van der Waals surface area contributed by atoms with Gasteiger partial charge < -0.3 is 19.7 Å². The molecule has 6 heteroatoms. The molecule has 142 valence electrons. The van der Waals surface area contributed by atoms with Crippen LogP contribution in [-0.4, -0.2) is 61.5 Å². The van der Waals surface area contributed by atoms with E-state index in [1.807, 2.05) is 0 Å². The van der Waals surface area contributed by atoms with Crippen LogP contribution in [0.25, 0.3) is 0 Å². The number of ether oxygens (including phenoxy) is 2. The molecular weight excluding hydrogens is 417 g/mol. The predicted octanol–water partition coefficient (Wildman–Crippen LogP) is 3.42. The van der Waals surface area contributed by atoms with E-state index in [0.717, 1.165) is 58.0 Å². The molecule has 24 heavy (non-hydrogen) atoms. The molecule has 2 saturated heterocycles. The normalized spacial score (nSPS) is 23.8. The van der Waals surface area contributed by atoms with Gasteiger partial charge in [-0.3, -0.25) is 4.99 Å². The van der Waals surface area contributed by atoms with Gasteiger partial charge in [-0.15, -0.1) is 24.0 Å². The molecule has 0 aromatic rings. The summed E-state index contributed by atoms with van der Waals surface area (Å²) >= 11 is 0. The molecule has 2 aliphatic heterocycles. The standard InChI is InChI=1S/C18H35N3O2.HI/c1-5-19-17(20-14-16-8-6-7-13-22-16)21-11-9-15(10-12-21)23-18(2,3)4;/h15-16H,5-14H2,1-4H3,(H,19,20);1H. The molecule has 0 spiro atoms. The van der Waals surface area contributed by atoms with Crippen LogP contribution in [0, 0.1) is 0 Å². The average Bonchev–Trinajstić information content (AvgIpc) is 2.52. The van der Waals surface area contributed by atoms with E-state index in [2.05, 4.69) is 37.9 Å². The third kappa shape index (κ3) is 7.87. The Balaban J connectivity index is 0.00000288. The van der Waals surface area contributed by atoms with E-state index in [4.69, 9.17) is 14.5 Å². The molecule has 1 unspecified atom stereocenters. The van der Waals surface area contributed by atoms with Crippen molar-refractivity contribution >= 4 is 29.9 Å². The van der Waals surface area contributed by atoms with Gasteiger partial charge in [0.2, 0.25) is 0 Å². The third-order valence-electron chi connectivity index (χ3n) is 4.32. The molecule has 2 aliphatic rings. The van der Waals surface area contributed by atoms with Crippen LogP contribution < -0.4 is 5.32 Å². The highest BCUT2D eigenvalue weighted by Gasteiger charge is 2.25. The topological polar surface area (TPSA) is 46.1 Å². The van der Waals surface area contributed by atoms with E-state index in [9.17, 15) is 0 Å². The summed E-state index contributed by atoms with van der Waals surface area (Å²) in [7, 11) is 0. The molecule has 2 fully saturated rings. The first-order valence-corrected chi connectivity index (χ1v) is 9.30. The number of rotatable bonds is 4. The maximum Gasteiger partial charge on any atom is 0.194 e. The van der Waals surface area contributed by atoms with Crippen LogP contribution in [0.2, 0.25) is 0 Å². The van der Waals surface area contributed by atoms with E-state index < -0.39 is 0 Å². The molecule has 2 rings (SSSR count). The maximum atomic E-state index is 6.11. The number of nitrogens with zero attached hydrogens (tertiary/aromatic N) is 2. The van der Waals surface area contributed by atoms with Crippen LogP contribution in [0.15, 0.2) is 4.99 Å². The summed E-state index contributed by atoms with van der Waals surface area (Å²) in [6.07, 6.45) is 6.43. The average molecular weight is 453 g/mol. The van der Waals surface area contributed by atoms with Crippen molar-refractivity contribution in [3.8, 4) is 0 Å². The summed E-state index contributed by atoms with van der Waals surface area (Å²) in [4.78, 5) is 7.20. The Hall–Kier alpha value is -0.0800. The van der Waals surface area contributed by atoms with Crippen LogP contribution in [-0.2, 0) is 9.47 Å². The van der Waals surface area contributed by atoms with Gasteiger partial charge in [0.1, 0.15) is 0 Å². The fourth-order valence-corrected chi connectivity index (χ4v) is 3.25. The molecule has 0 bridgehead atoms. The zero-order chi connectivity index (χ0) is 16.7. The highest BCUT2D eigenvalue weighted by molar-refractivity contribution is 14.0. The van der Waals surface area contributed by atoms with Gasteiger partial charge in [0.05, 0.1) is 24.4 Å². The third-order valence-corrected chi connectivity index (χ3v) is 4.32. The fraction of sp³-hybridized carbons (Fsp3) is 0.944. The van der Waals surface area contributed by atoms with Crippen molar-refractivity contribution in [1.29, 1.82) is 0 Å². The van der Waals surface area contributed by atoms with Crippen LogP contribution in [0.4, 0.5) is 0 Å². The van der Waals surface area contributed by atoms with Gasteiger partial charge in [-0.2, -0.15) is 0 Å². The lowest BCUT2D eigenvalue weighted by Crippen LogP contribution is -2.48. The number of likely N-dealkylation sites (tertiary alicyclic amines) is 1. The Labute approximate surface area is 165 Å². The second kappa shape index (κ2) is 10.8. The lowest BCUT2D eigenvalue weighted by atomic mass is 10.1. The van der Waals surface area contributed by atoms with E-state index in [1.165, 1.54) is 12.8 Å². The van der Waals surface area contributed by atoms with Crippen molar-refractivity contribution in [3.63, 3.8) is 0 Å². The zero-order valence-corrected chi connectivity index (χ0v) is 18.2. The summed E-state index contributed by atoms with van der Waals surface area (Å²) in [5.74, 6) is 1.04. The molecule has 0 aromatic heterocycles. The SMILES string of the molecule is CCNC(=NCC1CCCCO1)N1CCC(OC(C)(C)C)CC1.I. The lowest BCUT2D eigenvalue weighted by Gasteiger charge is -2.37. The van der Waals surface area contributed by atoms with Crippen LogP contribution in [0.5, 0.6) is 0 Å². The number of hydrogen-bond acceptors (Lipinski definition) is 3. The first-order chi connectivity index (χ1) is 11.0. The van der Waals surface area contributed by atoms with Gasteiger partial charge in [-0.05, 0) is 59.8 Å². The van der Waals surface area contributed by atoms with Gasteiger partial charge >= 0.3 is 0 Å². The van der Waals surface area contributed by atoms with Gasteiger partial charge in [-0.25, -0.2) is 0 Å². The molecule has 0 aliphatic carbocycles. The van der Waals surface area contributed by atoms with Gasteiger partial charge in [-0.1, -0.05) is 0 Å². The molecule has 2 heterocycles. The second-order valence-corrected chi connectivity index (χ2v) is 7.60. The molecule has 0 amide bonds. The monoisotopic (exact) mass is 453 g/mol. The molecule has 1 N–H and O–H groups in total. The van der Waals surface area contributed by atoms with E-state index in [1.54, 1.807) is 0 Å². The molecule has 0 radical (unpaired) electrons. The minimum atomic E-state index is -0.0518. The van der Waals surface area contributed by atoms with Gasteiger partial charge in [0, 0.05) is 26.2 Å². The number of hydrogen-bond donors (Lipinski definition) is 1. The summed E-state index contributed by atoms with van der Waals surface area (Å²) in [6.45, 7) is 13.1. The Morgan fingerprint density at radius 3 is 2.46 bits per heavy atom. The number of halogens is 1. The van der Waals surface area contributed by atoms with Crippen molar-refractivity contribution in [1.82, 2.24) is 10.2 Å². The van der Waals surface area contributed by atoms with Gasteiger partial charge in [0.25, 0.3) is 0 Å². The zero-order valence-electron chi connectivity index (χ0n) is 15.8. The quantitative estimate of drug-likeness (QED) is 0.403. The Morgan fingerprint density at radius 2 is 1.92 bits per heavy atom. The second-order valence-electron chi connectivity index (χ2n) is 7.60. The number of nitrogens with one attached hydrogen (secondary N) is 1. The number of guanidine groups is 1. The fourth-order valence-electron chi connectivity index (χ4n) is 3.25. The summed E-state index contributed by atoms with van der Waals surface area (Å²) in [5, 5.41) is 3.43. The van der Waals surface area contributed by atoms with Crippen molar-refractivity contribution in [2.24, 2.45) is 4.99 Å². The van der Waals surface area contributed by atoms with E-state index in [-0.39, 0.29) is 29.6 Å². The molecule has 1 atom stereocenters. The number of piperidine rings is 1. The minimum absolute atomic E-state index is 0. The van der Waals surface area contributed by atoms with Crippen LogP contribution in [0.1, 0.15) is 59.8 Å². The summed E-state index contributed by atoms with van der Waals surface area (Å²) in [5.41, 5.74) is -0.0518. The molecular formula is C18H36IN3O2. The summed E-state index contributed by atoms with van der Waals surface area (Å²) < 4.78 is 11.9. The largest absolute Gasteiger partial charge is 0.376 e. The maximum absolute atomic E-state index is 6.11. The number of aliphatic imine (C=N–C) groups is 1. The Morgan fingerprint density at radius 1 is 1.21 bits per heavy atom. The van der Waals surface area contributed by atoms with E-state index in [0.29, 0.717) is 12.2 Å². The molecule has 5 nitrogen and oxygen atoms in total. The summed E-state index contributed by atoms with van der Waals surface area (Å²) in [6, 6.07) is 0. The highest BCUT2D eigenvalue weighted by atomic mass is 127. The smallest absolute Gasteiger partial charge is 0.194 e. The van der Waals surface area contributed by atoms with Crippen molar-refractivity contribution in [3.05, 3.63) is 0 Å². The van der Waals surface area contributed by atoms with Crippen LogP contribution in [0.3, 0.4) is 0 Å². The van der Waals surface area contributed by atoms with Gasteiger partial charge in [0.15, 0.2) is 5.96 Å².